The summed E-state index contributed by atoms with van der Waals surface area (Å²) in [4.78, 5) is 6.59. The van der Waals surface area contributed by atoms with Gasteiger partial charge in [-0.1, -0.05) is 0 Å². The Morgan fingerprint density at radius 2 is 2.75 bits per heavy atom. The van der Waals surface area contributed by atoms with Crippen molar-refractivity contribution in [2.75, 3.05) is 6.26 Å². The molecule has 0 radical (unpaired) electrons. The predicted octanol–water partition coefficient (Wildman–Crippen LogP) is 1.07. The van der Waals surface area contributed by atoms with Crippen molar-refractivity contribution in [2.24, 2.45) is 0 Å². The maximum Gasteiger partial charge on any atom is 0.305 e. The highest BCUT2D eigenvalue weighted by atomic mass is 32.2. The summed E-state index contributed by atoms with van der Waals surface area (Å²) in [5, 5.41) is 0. The van der Waals surface area contributed by atoms with Crippen molar-refractivity contribution in [3.63, 3.8) is 0 Å². The van der Waals surface area contributed by atoms with E-state index in [-0.39, 0.29) is 0 Å². The molecule has 4 heteroatoms. The molecule has 8 heavy (non-hydrogen) atoms. The fourth-order valence-electron chi connectivity index (χ4n) is 0.375. The first-order valence-corrected chi connectivity index (χ1v) is 3.28. The monoisotopic (exact) mass is 130 g/mol. The standard InChI is InChI=1S/C4H6N2OS/c1-8-7-4-5-2-3-6-4/h2-3H,1H3,(H,5,6). The molecule has 0 aliphatic rings. The van der Waals surface area contributed by atoms with Crippen molar-refractivity contribution in [1.29, 1.82) is 0 Å². The fourth-order valence-corrected chi connectivity index (χ4v) is 0.624. The molecule has 3 nitrogen and oxygen atoms in total. The van der Waals surface area contributed by atoms with E-state index in [2.05, 4.69) is 9.97 Å². The molecule has 1 N–H and O–H groups in total. The average molecular weight is 130 g/mol. The Morgan fingerprint density at radius 1 is 1.88 bits per heavy atom. The van der Waals surface area contributed by atoms with Gasteiger partial charge in [-0.3, -0.25) is 0 Å². The quantitative estimate of drug-likeness (QED) is 0.608. The summed E-state index contributed by atoms with van der Waals surface area (Å²) in [5.41, 5.74) is 0. The second kappa shape index (κ2) is 2.61. The molecule has 0 aliphatic carbocycles. The zero-order valence-corrected chi connectivity index (χ0v) is 5.23. The Kier molecular flexibility index (Phi) is 1.80. The van der Waals surface area contributed by atoms with Crippen LogP contribution in [0, 0.1) is 0 Å². The van der Waals surface area contributed by atoms with Crippen LogP contribution < -0.4 is 4.18 Å². The second-order valence-corrected chi connectivity index (χ2v) is 1.64. The van der Waals surface area contributed by atoms with Gasteiger partial charge in [0.15, 0.2) is 0 Å². The van der Waals surface area contributed by atoms with Crippen molar-refractivity contribution in [1.82, 2.24) is 9.97 Å². The van der Waals surface area contributed by atoms with Gasteiger partial charge in [0.05, 0.1) is 12.0 Å². The highest BCUT2D eigenvalue weighted by Gasteiger charge is 1.88. The average Bonchev–Trinajstić information content (AvgIpc) is 2.19. The maximum absolute atomic E-state index is 4.90. The summed E-state index contributed by atoms with van der Waals surface area (Å²) < 4.78 is 4.90. The van der Waals surface area contributed by atoms with Crippen LogP contribution in [-0.2, 0) is 0 Å². The summed E-state index contributed by atoms with van der Waals surface area (Å²) in [7, 11) is 0. The van der Waals surface area contributed by atoms with E-state index in [1.807, 2.05) is 6.26 Å². The first-order valence-electron chi connectivity index (χ1n) is 2.13. The molecule has 0 unspecified atom stereocenters. The third-order valence-electron chi connectivity index (χ3n) is 0.635. The summed E-state index contributed by atoms with van der Waals surface area (Å²) in [6, 6.07) is 0.553. The van der Waals surface area contributed by atoms with Crippen LogP contribution in [0.2, 0.25) is 0 Å². The molecule has 1 aromatic heterocycles. The molecule has 0 spiro atoms. The van der Waals surface area contributed by atoms with E-state index in [1.54, 1.807) is 12.4 Å². The summed E-state index contributed by atoms with van der Waals surface area (Å²) in [6.07, 6.45) is 5.19. The zero-order valence-electron chi connectivity index (χ0n) is 4.42. The Balaban J connectivity index is 2.50. The van der Waals surface area contributed by atoms with Gasteiger partial charge in [-0.25, -0.2) is 4.98 Å². The van der Waals surface area contributed by atoms with E-state index in [0.29, 0.717) is 6.01 Å². The van der Waals surface area contributed by atoms with E-state index >= 15 is 0 Å². The molecule has 0 fully saturated rings. The lowest BCUT2D eigenvalue weighted by Gasteiger charge is -1.89. The number of aromatic nitrogens is 2. The fraction of sp³-hybridized carbons (Fsp3) is 0.250. The number of aromatic amines is 1. The van der Waals surface area contributed by atoms with Gasteiger partial charge in [0.1, 0.15) is 0 Å². The number of nitrogens with zero attached hydrogens (tertiary/aromatic N) is 1. The molecule has 0 saturated carbocycles. The van der Waals surface area contributed by atoms with Crippen molar-refractivity contribution < 1.29 is 4.18 Å². The Bertz CT molecular complexity index is 140. The topological polar surface area (TPSA) is 37.9 Å². The minimum Gasteiger partial charge on any atom is -0.391 e. The number of rotatable bonds is 2. The molecule has 0 atom stereocenters. The van der Waals surface area contributed by atoms with Crippen LogP contribution in [0.25, 0.3) is 0 Å². The van der Waals surface area contributed by atoms with Crippen molar-refractivity contribution >= 4 is 12.0 Å². The Hall–Kier alpha value is -0.640. The normalized spacial score (nSPS) is 9.12. The Morgan fingerprint density at radius 3 is 3.25 bits per heavy atom. The molecule has 1 aromatic rings. The first kappa shape index (κ1) is 5.50. The molecule has 1 rings (SSSR count). The highest BCUT2D eigenvalue weighted by Crippen LogP contribution is 2.04. The van der Waals surface area contributed by atoms with Gasteiger partial charge in [0.25, 0.3) is 0 Å². The number of H-pyrrole nitrogens is 1. The van der Waals surface area contributed by atoms with Crippen LogP contribution in [0.1, 0.15) is 0 Å². The van der Waals surface area contributed by atoms with Crippen LogP contribution in [0.3, 0.4) is 0 Å². The Labute approximate surface area is 51.7 Å². The molecule has 0 bridgehead atoms. The first-order chi connectivity index (χ1) is 3.93. The molecule has 1 heterocycles. The van der Waals surface area contributed by atoms with Crippen LogP contribution >= 0.6 is 12.0 Å². The smallest absolute Gasteiger partial charge is 0.305 e. The maximum atomic E-state index is 4.90. The largest absolute Gasteiger partial charge is 0.391 e. The van der Waals surface area contributed by atoms with E-state index < -0.39 is 0 Å². The van der Waals surface area contributed by atoms with Crippen molar-refractivity contribution in [2.45, 2.75) is 0 Å². The highest BCUT2D eigenvalue weighted by molar-refractivity contribution is 7.94. The van der Waals surface area contributed by atoms with E-state index in [1.165, 1.54) is 12.0 Å². The van der Waals surface area contributed by atoms with Crippen LogP contribution in [-0.4, -0.2) is 16.2 Å². The molecule has 0 amide bonds. The van der Waals surface area contributed by atoms with Crippen molar-refractivity contribution in [3.05, 3.63) is 12.4 Å². The van der Waals surface area contributed by atoms with Crippen LogP contribution in [0.5, 0.6) is 6.01 Å². The zero-order chi connectivity index (χ0) is 5.82. The SMILES string of the molecule is CSOc1ncc[nH]1. The van der Waals surface area contributed by atoms with Gasteiger partial charge < -0.3 is 9.17 Å². The molecule has 0 aliphatic heterocycles. The number of nitrogens with one attached hydrogen (secondary N) is 1. The third kappa shape index (κ3) is 1.16. The van der Waals surface area contributed by atoms with Gasteiger partial charge in [-0.2, -0.15) is 0 Å². The van der Waals surface area contributed by atoms with Crippen LogP contribution in [0.4, 0.5) is 0 Å². The lowest BCUT2D eigenvalue weighted by molar-refractivity contribution is 0.598. The minimum atomic E-state index is 0.553. The molecular formula is C4H6N2OS. The minimum absolute atomic E-state index is 0.553. The van der Waals surface area contributed by atoms with Gasteiger partial charge in [-0.15, -0.1) is 0 Å². The number of hydrogen-bond acceptors (Lipinski definition) is 3. The predicted molar refractivity (Wildman–Crippen MR) is 32.7 cm³/mol. The summed E-state index contributed by atoms with van der Waals surface area (Å²) in [6.45, 7) is 0. The molecule has 0 saturated heterocycles. The summed E-state index contributed by atoms with van der Waals surface area (Å²) in [5.74, 6) is 0. The van der Waals surface area contributed by atoms with Gasteiger partial charge in [-0.05, 0) is 0 Å². The van der Waals surface area contributed by atoms with E-state index in [0.717, 1.165) is 0 Å². The van der Waals surface area contributed by atoms with E-state index in [9.17, 15) is 0 Å². The second-order valence-electron chi connectivity index (χ2n) is 1.14. The van der Waals surface area contributed by atoms with Gasteiger partial charge >= 0.3 is 6.01 Å². The van der Waals surface area contributed by atoms with Crippen molar-refractivity contribution in [3.8, 4) is 6.01 Å². The van der Waals surface area contributed by atoms with E-state index in [4.69, 9.17) is 4.18 Å². The lowest BCUT2D eigenvalue weighted by Crippen LogP contribution is -1.78. The van der Waals surface area contributed by atoms with Gasteiger partial charge in [0, 0.05) is 18.6 Å². The third-order valence-corrected chi connectivity index (χ3v) is 0.960. The molecular weight excluding hydrogens is 124 g/mol. The number of hydrogen-bond donors (Lipinski definition) is 1. The molecule has 44 valence electrons. The van der Waals surface area contributed by atoms with Crippen LogP contribution in [0.15, 0.2) is 12.4 Å². The summed E-state index contributed by atoms with van der Waals surface area (Å²) >= 11 is 1.27. The van der Waals surface area contributed by atoms with Gasteiger partial charge in [0.2, 0.25) is 0 Å². The molecule has 0 aromatic carbocycles. The number of imidazole rings is 1. The lowest BCUT2D eigenvalue weighted by atomic mass is 11.0.